The lowest BCUT2D eigenvalue weighted by molar-refractivity contribution is -0.394. The van der Waals surface area contributed by atoms with Gasteiger partial charge in [-0.1, -0.05) is 19.1 Å². The summed E-state index contributed by atoms with van der Waals surface area (Å²) in [5.74, 6) is -0.462. The average molecular weight is 471 g/mol. The smallest absolute Gasteiger partial charge is 0.277 e. The van der Waals surface area contributed by atoms with Gasteiger partial charge in [-0.2, -0.15) is 0 Å². The summed E-state index contributed by atoms with van der Waals surface area (Å²) in [5, 5.41) is 27.1. The number of benzene rings is 2. The number of amides is 2. The molecule has 1 aliphatic rings. The molecular formula is C21H21N5O6S. The number of nitrogens with zero attached hydrogens (tertiary/aromatic N) is 3. The fourth-order valence-electron chi connectivity index (χ4n) is 3.43. The number of thiocarbonyl (C=S) groups is 1. The third-order valence-electron chi connectivity index (χ3n) is 5.29. The van der Waals surface area contributed by atoms with Crippen molar-refractivity contribution in [3.63, 3.8) is 0 Å². The van der Waals surface area contributed by atoms with Crippen molar-refractivity contribution in [3.8, 4) is 0 Å². The molecule has 0 radical (unpaired) electrons. The number of rotatable bonds is 5. The molecule has 0 aliphatic carbocycles. The molecule has 0 atom stereocenters. The summed E-state index contributed by atoms with van der Waals surface area (Å²) in [4.78, 5) is 47.7. The number of nitro groups is 2. The molecule has 0 unspecified atom stereocenters. The van der Waals surface area contributed by atoms with Crippen LogP contribution < -0.4 is 10.6 Å². The van der Waals surface area contributed by atoms with Gasteiger partial charge in [0.15, 0.2) is 5.11 Å². The lowest BCUT2D eigenvalue weighted by Crippen LogP contribution is -2.39. The molecule has 1 heterocycles. The molecule has 33 heavy (non-hydrogen) atoms. The number of likely N-dealkylation sites (tertiary alicyclic amines) is 1. The molecule has 1 aliphatic heterocycles. The fraction of sp³-hybridized carbons (Fsp3) is 0.286. The van der Waals surface area contributed by atoms with E-state index in [4.69, 9.17) is 12.2 Å². The van der Waals surface area contributed by atoms with Gasteiger partial charge in [0.25, 0.3) is 23.2 Å². The van der Waals surface area contributed by atoms with Gasteiger partial charge < -0.3 is 10.2 Å². The van der Waals surface area contributed by atoms with Gasteiger partial charge in [-0.25, -0.2) is 0 Å². The minimum absolute atomic E-state index is 0.159. The SMILES string of the molecule is CC1CCN(C(=O)c2ccccc2NC(=S)NC(=O)c2cc([N+](=O)[O-])cc([N+](=O)[O-])c2)CC1. The van der Waals surface area contributed by atoms with Crippen LogP contribution in [0.3, 0.4) is 0 Å². The predicted octanol–water partition coefficient (Wildman–Crippen LogP) is 3.50. The first-order valence-electron chi connectivity index (χ1n) is 10.1. The highest BCUT2D eigenvalue weighted by Crippen LogP contribution is 2.24. The van der Waals surface area contributed by atoms with Crippen LogP contribution in [-0.4, -0.2) is 44.8 Å². The van der Waals surface area contributed by atoms with Gasteiger partial charge in [-0.15, -0.1) is 0 Å². The van der Waals surface area contributed by atoms with Gasteiger partial charge in [0.1, 0.15) is 0 Å². The van der Waals surface area contributed by atoms with E-state index in [9.17, 15) is 29.8 Å². The minimum Gasteiger partial charge on any atom is -0.339 e. The number of carbonyl (C=O) groups is 2. The lowest BCUT2D eigenvalue weighted by atomic mass is 9.98. The van der Waals surface area contributed by atoms with Crippen molar-refractivity contribution >= 4 is 46.2 Å². The molecule has 0 saturated carbocycles. The summed E-state index contributed by atoms with van der Waals surface area (Å²) in [6.45, 7) is 3.45. The average Bonchev–Trinajstić information content (AvgIpc) is 2.79. The number of non-ortho nitro benzene ring substituents is 2. The summed E-state index contributed by atoms with van der Waals surface area (Å²) in [5.41, 5.74) is -0.724. The standard InChI is InChI=1S/C21H21N5O6S/c1-13-6-8-24(9-7-13)20(28)17-4-2-3-5-18(17)22-21(33)23-19(27)14-10-15(25(29)30)12-16(11-14)26(31)32/h2-5,10-13H,6-9H2,1H3,(H2,22,23,27,33). The molecule has 2 aromatic carbocycles. The highest BCUT2D eigenvalue weighted by molar-refractivity contribution is 7.80. The Balaban J connectivity index is 1.74. The van der Waals surface area contributed by atoms with E-state index in [1.807, 2.05) is 0 Å². The van der Waals surface area contributed by atoms with Crippen molar-refractivity contribution in [1.82, 2.24) is 10.2 Å². The molecule has 0 spiro atoms. The maximum Gasteiger partial charge on any atom is 0.277 e. The zero-order chi connectivity index (χ0) is 24.1. The monoisotopic (exact) mass is 471 g/mol. The normalized spacial score (nSPS) is 13.8. The summed E-state index contributed by atoms with van der Waals surface area (Å²) in [6, 6.07) is 9.30. The maximum absolute atomic E-state index is 13.0. The summed E-state index contributed by atoms with van der Waals surface area (Å²) < 4.78 is 0. The molecule has 0 aromatic heterocycles. The first-order valence-corrected chi connectivity index (χ1v) is 10.5. The second-order valence-corrected chi connectivity index (χ2v) is 8.09. The number of nitro benzene ring substituents is 2. The van der Waals surface area contributed by atoms with E-state index in [2.05, 4.69) is 17.6 Å². The highest BCUT2D eigenvalue weighted by Gasteiger charge is 2.24. The highest BCUT2D eigenvalue weighted by atomic mass is 32.1. The van der Waals surface area contributed by atoms with Gasteiger partial charge in [-0.3, -0.25) is 35.1 Å². The quantitative estimate of drug-likeness (QED) is 0.382. The molecule has 3 rings (SSSR count). The second kappa shape index (κ2) is 10.1. The van der Waals surface area contributed by atoms with Gasteiger partial charge >= 0.3 is 0 Å². The van der Waals surface area contributed by atoms with E-state index in [0.717, 1.165) is 31.0 Å². The Morgan fingerprint density at radius 2 is 1.61 bits per heavy atom. The number of hydrogen-bond donors (Lipinski definition) is 2. The summed E-state index contributed by atoms with van der Waals surface area (Å²) in [6.07, 6.45) is 1.84. The zero-order valence-corrected chi connectivity index (χ0v) is 18.5. The first kappa shape index (κ1) is 23.7. The zero-order valence-electron chi connectivity index (χ0n) is 17.6. The largest absolute Gasteiger partial charge is 0.339 e. The first-order chi connectivity index (χ1) is 15.7. The van der Waals surface area contributed by atoms with Gasteiger partial charge in [0.2, 0.25) is 0 Å². The van der Waals surface area contributed by atoms with Crippen molar-refractivity contribution in [2.45, 2.75) is 19.8 Å². The molecule has 0 bridgehead atoms. The Bertz CT molecular complexity index is 1100. The van der Waals surface area contributed by atoms with E-state index in [-0.39, 0.29) is 16.6 Å². The van der Waals surface area contributed by atoms with E-state index in [0.29, 0.717) is 30.3 Å². The Hall–Kier alpha value is -3.93. The van der Waals surface area contributed by atoms with Crippen LogP contribution in [0.5, 0.6) is 0 Å². The molecule has 2 N–H and O–H groups in total. The maximum atomic E-state index is 13.0. The lowest BCUT2D eigenvalue weighted by Gasteiger charge is -2.30. The molecular weight excluding hydrogens is 450 g/mol. The van der Waals surface area contributed by atoms with E-state index in [1.165, 1.54) is 0 Å². The van der Waals surface area contributed by atoms with Crippen LogP contribution in [0.2, 0.25) is 0 Å². The van der Waals surface area contributed by atoms with Crippen molar-refractivity contribution in [2.75, 3.05) is 18.4 Å². The van der Waals surface area contributed by atoms with Gasteiger partial charge in [0.05, 0.1) is 32.7 Å². The van der Waals surface area contributed by atoms with Crippen molar-refractivity contribution in [1.29, 1.82) is 0 Å². The van der Waals surface area contributed by atoms with E-state index in [1.54, 1.807) is 29.2 Å². The minimum atomic E-state index is -0.867. The molecule has 12 heteroatoms. The number of anilines is 1. The third-order valence-corrected chi connectivity index (χ3v) is 5.49. The van der Waals surface area contributed by atoms with Crippen LogP contribution in [-0.2, 0) is 0 Å². The van der Waals surface area contributed by atoms with Crippen LogP contribution in [0, 0.1) is 26.1 Å². The Morgan fingerprint density at radius 3 is 2.18 bits per heavy atom. The number of hydrogen-bond acceptors (Lipinski definition) is 7. The van der Waals surface area contributed by atoms with E-state index >= 15 is 0 Å². The van der Waals surface area contributed by atoms with Crippen LogP contribution in [0.1, 0.15) is 40.5 Å². The molecule has 2 aromatic rings. The van der Waals surface area contributed by atoms with Crippen molar-refractivity contribution in [3.05, 3.63) is 73.8 Å². The number of nitrogens with one attached hydrogen (secondary N) is 2. The fourth-order valence-corrected chi connectivity index (χ4v) is 3.63. The Labute approximate surface area is 194 Å². The van der Waals surface area contributed by atoms with Gasteiger partial charge in [0, 0.05) is 25.2 Å². The van der Waals surface area contributed by atoms with Crippen LogP contribution >= 0.6 is 12.2 Å². The van der Waals surface area contributed by atoms with E-state index < -0.39 is 27.1 Å². The van der Waals surface area contributed by atoms with Crippen LogP contribution in [0.25, 0.3) is 0 Å². The predicted molar refractivity (Wildman–Crippen MR) is 124 cm³/mol. The van der Waals surface area contributed by atoms with Crippen molar-refractivity contribution < 1.29 is 19.4 Å². The molecule has 2 amide bonds. The van der Waals surface area contributed by atoms with Crippen molar-refractivity contribution in [2.24, 2.45) is 5.92 Å². The van der Waals surface area contributed by atoms with Gasteiger partial charge in [-0.05, 0) is 43.1 Å². The Kier molecular flexibility index (Phi) is 7.28. The third kappa shape index (κ3) is 5.86. The molecule has 172 valence electrons. The topological polar surface area (TPSA) is 148 Å². The van der Waals surface area contributed by atoms with Crippen LogP contribution in [0.15, 0.2) is 42.5 Å². The Morgan fingerprint density at radius 1 is 1.03 bits per heavy atom. The summed E-state index contributed by atoms with van der Waals surface area (Å²) >= 11 is 5.16. The number of para-hydroxylation sites is 1. The molecule has 11 nitrogen and oxygen atoms in total. The number of piperidine rings is 1. The summed E-state index contributed by atoms with van der Waals surface area (Å²) in [7, 11) is 0. The van der Waals surface area contributed by atoms with Crippen LogP contribution in [0.4, 0.5) is 17.1 Å². The molecule has 1 saturated heterocycles. The molecule has 1 fully saturated rings. The second-order valence-electron chi connectivity index (χ2n) is 7.68. The number of carbonyl (C=O) groups excluding carboxylic acids is 2.